The summed E-state index contributed by atoms with van der Waals surface area (Å²) in [5, 5.41) is 0. The molecule has 1 heterocycles. The van der Waals surface area contributed by atoms with Crippen LogP contribution >= 0.6 is 0 Å². The lowest BCUT2D eigenvalue weighted by molar-refractivity contribution is -0.143. The second kappa shape index (κ2) is 8.21. The summed E-state index contributed by atoms with van der Waals surface area (Å²) >= 11 is 0. The number of nitrogens with zero attached hydrogens (tertiary/aromatic N) is 2. The van der Waals surface area contributed by atoms with Crippen molar-refractivity contribution in [2.45, 2.75) is 45.8 Å². The van der Waals surface area contributed by atoms with Crippen molar-refractivity contribution in [1.29, 1.82) is 0 Å². The summed E-state index contributed by atoms with van der Waals surface area (Å²) in [5.41, 5.74) is 1.06. The Morgan fingerprint density at radius 3 is 2.38 bits per heavy atom. The Hall–Kier alpha value is -2.56. The Balaban J connectivity index is 1.73. The predicted octanol–water partition coefficient (Wildman–Crippen LogP) is 3.46. The van der Waals surface area contributed by atoms with Crippen LogP contribution in [0.3, 0.4) is 0 Å². The minimum atomic E-state index is -0.101. The van der Waals surface area contributed by atoms with Crippen LogP contribution in [0.1, 0.15) is 38.0 Å². The van der Waals surface area contributed by atoms with Crippen LogP contribution in [-0.2, 0) is 22.7 Å². The van der Waals surface area contributed by atoms with E-state index in [4.69, 9.17) is 4.42 Å². The molecule has 0 bridgehead atoms. The van der Waals surface area contributed by atoms with Crippen LogP contribution in [0.2, 0.25) is 0 Å². The highest BCUT2D eigenvalue weighted by molar-refractivity contribution is 5.86. The fourth-order valence-corrected chi connectivity index (χ4v) is 2.98. The predicted molar refractivity (Wildman–Crippen MR) is 99.0 cm³/mol. The molecule has 138 valence electrons. The Kier molecular flexibility index (Phi) is 5.76. The van der Waals surface area contributed by atoms with Crippen molar-refractivity contribution in [2.75, 3.05) is 6.54 Å². The Morgan fingerprint density at radius 1 is 1.08 bits per heavy atom. The molecule has 1 aliphatic carbocycles. The molecule has 2 aromatic rings. The van der Waals surface area contributed by atoms with Gasteiger partial charge in [0.2, 0.25) is 11.8 Å². The third-order valence-electron chi connectivity index (χ3n) is 4.57. The molecular weight excluding hydrogens is 328 g/mol. The first-order valence-corrected chi connectivity index (χ1v) is 9.19. The highest BCUT2D eigenvalue weighted by atomic mass is 16.3. The van der Waals surface area contributed by atoms with E-state index in [1.54, 1.807) is 16.1 Å². The van der Waals surface area contributed by atoms with Gasteiger partial charge in [0, 0.05) is 18.5 Å². The third kappa shape index (κ3) is 4.75. The van der Waals surface area contributed by atoms with Crippen LogP contribution in [0, 0.1) is 5.92 Å². The monoisotopic (exact) mass is 354 g/mol. The minimum absolute atomic E-state index is 0.0499. The van der Waals surface area contributed by atoms with Crippen molar-refractivity contribution in [3.63, 3.8) is 0 Å². The fraction of sp³-hybridized carbons (Fsp3) is 0.429. The largest absolute Gasteiger partial charge is 0.467 e. The van der Waals surface area contributed by atoms with Crippen molar-refractivity contribution < 1.29 is 14.0 Å². The molecule has 0 atom stereocenters. The first-order valence-electron chi connectivity index (χ1n) is 9.19. The lowest BCUT2D eigenvalue weighted by Gasteiger charge is -2.28. The van der Waals surface area contributed by atoms with E-state index >= 15 is 0 Å². The van der Waals surface area contributed by atoms with Crippen LogP contribution in [0.4, 0.5) is 0 Å². The second-order valence-corrected chi connectivity index (χ2v) is 7.17. The molecule has 0 spiro atoms. The molecule has 0 N–H and O–H groups in total. The van der Waals surface area contributed by atoms with Gasteiger partial charge in [-0.1, -0.05) is 44.2 Å². The summed E-state index contributed by atoms with van der Waals surface area (Å²) in [7, 11) is 0. The van der Waals surface area contributed by atoms with Crippen LogP contribution in [0.15, 0.2) is 53.1 Å². The SMILES string of the molecule is CC(C)C(=O)N(CC(=O)N(Cc1ccccc1)Cc1ccco1)C1CC1. The van der Waals surface area contributed by atoms with E-state index in [1.807, 2.05) is 56.3 Å². The number of rotatable bonds is 8. The molecule has 1 aliphatic rings. The van der Waals surface area contributed by atoms with Gasteiger partial charge in [-0.25, -0.2) is 0 Å². The van der Waals surface area contributed by atoms with Gasteiger partial charge in [-0.2, -0.15) is 0 Å². The first kappa shape index (κ1) is 18.2. The number of carbonyl (C=O) groups is 2. The number of hydrogen-bond donors (Lipinski definition) is 0. The van der Waals surface area contributed by atoms with Crippen molar-refractivity contribution in [2.24, 2.45) is 5.92 Å². The normalized spacial score (nSPS) is 13.7. The van der Waals surface area contributed by atoms with E-state index in [-0.39, 0.29) is 30.3 Å². The summed E-state index contributed by atoms with van der Waals surface area (Å²) in [4.78, 5) is 29.0. The molecule has 1 saturated carbocycles. The zero-order valence-electron chi connectivity index (χ0n) is 15.4. The zero-order valence-corrected chi connectivity index (χ0v) is 15.4. The molecule has 0 saturated heterocycles. The standard InChI is InChI=1S/C21H26N2O3/c1-16(2)21(25)23(18-10-11-18)15-20(24)22(14-19-9-6-12-26-19)13-17-7-4-3-5-8-17/h3-9,12,16,18H,10-11,13-15H2,1-2H3. The topological polar surface area (TPSA) is 53.8 Å². The fourth-order valence-electron chi connectivity index (χ4n) is 2.98. The van der Waals surface area contributed by atoms with Crippen LogP contribution in [0.5, 0.6) is 0 Å². The molecule has 0 unspecified atom stereocenters. The van der Waals surface area contributed by atoms with E-state index in [1.165, 1.54) is 0 Å². The zero-order chi connectivity index (χ0) is 18.5. The van der Waals surface area contributed by atoms with Gasteiger partial charge in [0.05, 0.1) is 12.8 Å². The summed E-state index contributed by atoms with van der Waals surface area (Å²) in [6.07, 6.45) is 3.59. The van der Waals surface area contributed by atoms with Gasteiger partial charge in [0.1, 0.15) is 12.3 Å². The van der Waals surface area contributed by atoms with Gasteiger partial charge in [-0.3, -0.25) is 9.59 Å². The average molecular weight is 354 g/mol. The molecule has 5 heteroatoms. The number of hydrogen-bond acceptors (Lipinski definition) is 3. The molecule has 2 amide bonds. The van der Waals surface area contributed by atoms with Crippen molar-refractivity contribution >= 4 is 11.8 Å². The molecule has 0 radical (unpaired) electrons. The van der Waals surface area contributed by atoms with E-state index in [0.29, 0.717) is 13.1 Å². The highest BCUT2D eigenvalue weighted by Crippen LogP contribution is 2.28. The maximum atomic E-state index is 13.0. The first-order chi connectivity index (χ1) is 12.5. The molecule has 1 fully saturated rings. The molecule has 1 aromatic carbocycles. The molecule has 5 nitrogen and oxygen atoms in total. The van der Waals surface area contributed by atoms with E-state index < -0.39 is 0 Å². The van der Waals surface area contributed by atoms with Gasteiger partial charge in [0.15, 0.2) is 0 Å². The quantitative estimate of drug-likeness (QED) is 0.729. The average Bonchev–Trinajstić information content (AvgIpc) is 3.35. The van der Waals surface area contributed by atoms with E-state index in [0.717, 1.165) is 24.2 Å². The lowest BCUT2D eigenvalue weighted by atomic mass is 10.1. The van der Waals surface area contributed by atoms with Gasteiger partial charge in [-0.15, -0.1) is 0 Å². The molecular formula is C21H26N2O3. The van der Waals surface area contributed by atoms with Gasteiger partial charge in [-0.05, 0) is 30.5 Å². The van der Waals surface area contributed by atoms with Gasteiger partial charge >= 0.3 is 0 Å². The van der Waals surface area contributed by atoms with Crippen LogP contribution in [0.25, 0.3) is 0 Å². The molecule has 3 rings (SSSR count). The van der Waals surface area contributed by atoms with E-state index in [9.17, 15) is 9.59 Å². The summed E-state index contributed by atoms with van der Waals surface area (Å²) in [6.45, 7) is 4.79. The highest BCUT2D eigenvalue weighted by Gasteiger charge is 2.35. The number of carbonyl (C=O) groups excluding carboxylic acids is 2. The van der Waals surface area contributed by atoms with Gasteiger partial charge < -0.3 is 14.2 Å². The van der Waals surface area contributed by atoms with Crippen molar-refractivity contribution in [3.05, 3.63) is 60.1 Å². The van der Waals surface area contributed by atoms with E-state index in [2.05, 4.69) is 0 Å². The number of furan rings is 1. The van der Waals surface area contributed by atoms with Crippen LogP contribution < -0.4 is 0 Å². The molecule has 1 aromatic heterocycles. The van der Waals surface area contributed by atoms with Crippen molar-refractivity contribution in [1.82, 2.24) is 9.80 Å². The maximum Gasteiger partial charge on any atom is 0.242 e. The molecule has 0 aliphatic heterocycles. The maximum absolute atomic E-state index is 13.0. The summed E-state index contributed by atoms with van der Waals surface area (Å²) in [5.74, 6) is 0.642. The number of benzene rings is 1. The summed E-state index contributed by atoms with van der Waals surface area (Å²) < 4.78 is 5.43. The third-order valence-corrected chi connectivity index (χ3v) is 4.57. The van der Waals surface area contributed by atoms with Crippen molar-refractivity contribution in [3.8, 4) is 0 Å². The Bertz CT molecular complexity index is 721. The minimum Gasteiger partial charge on any atom is -0.467 e. The van der Waals surface area contributed by atoms with Crippen LogP contribution in [-0.4, -0.2) is 34.2 Å². The lowest BCUT2D eigenvalue weighted by Crippen LogP contribution is -2.44. The smallest absolute Gasteiger partial charge is 0.242 e. The second-order valence-electron chi connectivity index (χ2n) is 7.17. The Labute approximate surface area is 154 Å². The van der Waals surface area contributed by atoms with Gasteiger partial charge in [0.25, 0.3) is 0 Å². The Morgan fingerprint density at radius 2 is 1.81 bits per heavy atom. The summed E-state index contributed by atoms with van der Waals surface area (Å²) in [6, 6.07) is 13.8. The number of amides is 2. The molecule has 26 heavy (non-hydrogen) atoms.